The fourth-order valence-corrected chi connectivity index (χ4v) is 2.89. The van der Waals surface area contributed by atoms with Crippen LogP contribution in [0.25, 0.3) is 10.9 Å². The molecule has 3 rings (SSSR count). The summed E-state index contributed by atoms with van der Waals surface area (Å²) in [6.07, 6.45) is -1.68. The number of aromatic amines is 1. The number of para-hydroxylation sites is 1. The molecule has 140 valence electrons. The van der Waals surface area contributed by atoms with E-state index in [1.54, 1.807) is 43.3 Å². The lowest BCUT2D eigenvalue weighted by Gasteiger charge is -2.18. The average Bonchev–Trinajstić information content (AvgIpc) is 2.63. The molecule has 0 bridgehead atoms. The molecule has 0 saturated carbocycles. The molecule has 2 atom stereocenters. The van der Waals surface area contributed by atoms with E-state index in [2.05, 4.69) is 9.97 Å². The van der Waals surface area contributed by atoms with Gasteiger partial charge in [-0.2, -0.15) is 0 Å². The minimum absolute atomic E-state index is 0.253. The first-order valence-corrected chi connectivity index (χ1v) is 8.92. The molecule has 0 amide bonds. The highest BCUT2D eigenvalue weighted by Gasteiger charge is 2.22. The Balaban J connectivity index is 1.72. The predicted molar refractivity (Wildman–Crippen MR) is 103 cm³/mol. The summed E-state index contributed by atoms with van der Waals surface area (Å²) >= 11 is 11.9. The molecule has 27 heavy (non-hydrogen) atoms. The molecule has 0 aliphatic carbocycles. The standard InChI is InChI=1S/C19H16Cl2N2O4/c1-10(17-22-15-6-4-3-5-13(15)18(24)23-17)27-19(25)11(2)26-16-8-7-12(20)9-14(16)21/h3-11H,1-2H3,(H,22,23,24)/t10-,11+/m1/s1. The molecule has 0 spiro atoms. The lowest BCUT2D eigenvalue weighted by molar-refractivity contribution is -0.156. The van der Waals surface area contributed by atoms with Crippen LogP contribution in [0.2, 0.25) is 10.0 Å². The average molecular weight is 407 g/mol. The highest BCUT2D eigenvalue weighted by atomic mass is 35.5. The van der Waals surface area contributed by atoms with Crippen molar-refractivity contribution in [2.75, 3.05) is 0 Å². The molecule has 0 saturated heterocycles. The number of ether oxygens (including phenoxy) is 2. The topological polar surface area (TPSA) is 81.3 Å². The summed E-state index contributed by atoms with van der Waals surface area (Å²) in [7, 11) is 0. The van der Waals surface area contributed by atoms with Crippen molar-refractivity contribution in [1.82, 2.24) is 9.97 Å². The fraction of sp³-hybridized carbons (Fsp3) is 0.211. The van der Waals surface area contributed by atoms with Crippen molar-refractivity contribution in [2.45, 2.75) is 26.1 Å². The van der Waals surface area contributed by atoms with Crippen molar-refractivity contribution in [3.8, 4) is 5.75 Å². The molecule has 0 aliphatic heterocycles. The molecule has 3 aromatic rings. The van der Waals surface area contributed by atoms with Gasteiger partial charge in [-0.1, -0.05) is 35.3 Å². The summed E-state index contributed by atoms with van der Waals surface area (Å²) in [6, 6.07) is 11.6. The second kappa shape index (κ2) is 7.98. The molecular formula is C19H16Cl2N2O4. The third kappa shape index (κ3) is 4.40. The largest absolute Gasteiger partial charge is 0.477 e. The van der Waals surface area contributed by atoms with Crippen molar-refractivity contribution in [3.63, 3.8) is 0 Å². The summed E-state index contributed by atoms with van der Waals surface area (Å²) in [6.45, 7) is 3.16. The SMILES string of the molecule is C[C@H](Oc1ccc(Cl)cc1Cl)C(=O)O[C@H](C)c1nc2ccccc2c(=O)[nH]1. The van der Waals surface area contributed by atoms with Crippen LogP contribution in [-0.2, 0) is 9.53 Å². The first-order valence-electron chi connectivity index (χ1n) is 8.16. The van der Waals surface area contributed by atoms with Gasteiger partial charge in [0.05, 0.1) is 15.9 Å². The number of hydrogen-bond donors (Lipinski definition) is 1. The first-order chi connectivity index (χ1) is 12.8. The Morgan fingerprint density at radius 2 is 1.89 bits per heavy atom. The Bertz CT molecular complexity index is 1050. The van der Waals surface area contributed by atoms with Gasteiger partial charge in [-0.15, -0.1) is 0 Å². The maximum atomic E-state index is 12.3. The van der Waals surface area contributed by atoms with Gasteiger partial charge in [-0.3, -0.25) is 4.79 Å². The summed E-state index contributed by atoms with van der Waals surface area (Å²) in [5.41, 5.74) is 0.229. The van der Waals surface area contributed by atoms with Crippen LogP contribution in [0.1, 0.15) is 25.8 Å². The van der Waals surface area contributed by atoms with Gasteiger partial charge >= 0.3 is 5.97 Å². The van der Waals surface area contributed by atoms with Crippen LogP contribution in [0.5, 0.6) is 5.75 Å². The van der Waals surface area contributed by atoms with Gasteiger partial charge in [-0.05, 0) is 44.2 Å². The van der Waals surface area contributed by atoms with Gasteiger partial charge in [0.1, 0.15) is 5.75 Å². The Morgan fingerprint density at radius 1 is 1.15 bits per heavy atom. The molecule has 1 aromatic heterocycles. The molecule has 0 fully saturated rings. The zero-order valence-corrected chi connectivity index (χ0v) is 16.0. The molecule has 2 aromatic carbocycles. The lowest BCUT2D eigenvalue weighted by atomic mass is 10.2. The number of carbonyl (C=O) groups is 1. The van der Waals surface area contributed by atoms with E-state index < -0.39 is 18.2 Å². The Morgan fingerprint density at radius 3 is 2.63 bits per heavy atom. The van der Waals surface area contributed by atoms with Gasteiger partial charge in [0.25, 0.3) is 5.56 Å². The zero-order chi connectivity index (χ0) is 19.6. The van der Waals surface area contributed by atoms with Crippen molar-refractivity contribution in [1.29, 1.82) is 0 Å². The number of esters is 1. The van der Waals surface area contributed by atoms with Gasteiger partial charge in [0.15, 0.2) is 18.0 Å². The highest BCUT2D eigenvalue weighted by molar-refractivity contribution is 6.35. The van der Waals surface area contributed by atoms with Crippen LogP contribution < -0.4 is 10.3 Å². The van der Waals surface area contributed by atoms with Crippen molar-refractivity contribution >= 4 is 40.1 Å². The Hall–Kier alpha value is -2.57. The number of fused-ring (bicyclic) bond motifs is 1. The van der Waals surface area contributed by atoms with E-state index in [4.69, 9.17) is 32.7 Å². The Labute approximate surface area is 165 Å². The molecular weight excluding hydrogens is 391 g/mol. The summed E-state index contributed by atoms with van der Waals surface area (Å²) in [5, 5.41) is 1.21. The molecule has 0 radical (unpaired) electrons. The van der Waals surface area contributed by atoms with E-state index in [9.17, 15) is 9.59 Å². The van der Waals surface area contributed by atoms with Gasteiger partial charge in [0.2, 0.25) is 0 Å². The quantitative estimate of drug-likeness (QED) is 0.638. The minimum Gasteiger partial charge on any atom is -0.477 e. The molecule has 6 nitrogen and oxygen atoms in total. The number of hydrogen-bond acceptors (Lipinski definition) is 5. The van der Waals surface area contributed by atoms with Crippen LogP contribution in [0.15, 0.2) is 47.3 Å². The van der Waals surface area contributed by atoms with Gasteiger partial charge < -0.3 is 14.5 Å². The molecule has 8 heteroatoms. The van der Waals surface area contributed by atoms with Crippen molar-refractivity contribution in [3.05, 3.63) is 68.7 Å². The van der Waals surface area contributed by atoms with Gasteiger partial charge in [-0.25, -0.2) is 9.78 Å². The van der Waals surface area contributed by atoms with E-state index >= 15 is 0 Å². The summed E-state index contributed by atoms with van der Waals surface area (Å²) in [5.74, 6) is -0.0523. The maximum Gasteiger partial charge on any atom is 0.347 e. The Kier molecular flexibility index (Phi) is 5.68. The molecule has 1 heterocycles. The zero-order valence-electron chi connectivity index (χ0n) is 14.5. The van der Waals surface area contributed by atoms with E-state index in [-0.39, 0.29) is 16.4 Å². The second-order valence-electron chi connectivity index (χ2n) is 5.88. The molecule has 0 unspecified atom stereocenters. The van der Waals surface area contributed by atoms with Crippen LogP contribution in [0, 0.1) is 0 Å². The second-order valence-corrected chi connectivity index (χ2v) is 6.73. The van der Waals surface area contributed by atoms with Crippen LogP contribution in [0.4, 0.5) is 0 Å². The van der Waals surface area contributed by atoms with Crippen LogP contribution >= 0.6 is 23.2 Å². The van der Waals surface area contributed by atoms with E-state index in [0.717, 1.165) is 0 Å². The minimum atomic E-state index is -0.918. The molecule has 0 aliphatic rings. The van der Waals surface area contributed by atoms with Crippen LogP contribution in [0.3, 0.4) is 0 Å². The predicted octanol–water partition coefficient (Wildman–Crippen LogP) is 4.30. The van der Waals surface area contributed by atoms with Crippen molar-refractivity contribution in [2.24, 2.45) is 0 Å². The number of nitrogens with zero attached hydrogens (tertiary/aromatic N) is 1. The monoisotopic (exact) mass is 406 g/mol. The third-order valence-electron chi connectivity index (χ3n) is 3.84. The smallest absolute Gasteiger partial charge is 0.347 e. The number of nitrogens with one attached hydrogen (secondary N) is 1. The highest BCUT2D eigenvalue weighted by Crippen LogP contribution is 2.28. The summed E-state index contributed by atoms with van der Waals surface area (Å²) < 4.78 is 10.9. The number of aromatic nitrogens is 2. The number of rotatable bonds is 5. The van der Waals surface area contributed by atoms with Gasteiger partial charge in [0, 0.05) is 5.02 Å². The van der Waals surface area contributed by atoms with E-state index in [1.165, 1.54) is 13.0 Å². The number of benzene rings is 2. The number of H-pyrrole nitrogens is 1. The summed E-state index contributed by atoms with van der Waals surface area (Å²) in [4.78, 5) is 31.5. The maximum absolute atomic E-state index is 12.3. The molecule has 1 N–H and O–H groups in total. The normalized spacial score (nSPS) is 13.2. The third-order valence-corrected chi connectivity index (χ3v) is 4.37. The first kappa shape index (κ1) is 19.2. The number of halogens is 2. The van der Waals surface area contributed by atoms with Crippen molar-refractivity contribution < 1.29 is 14.3 Å². The number of carbonyl (C=O) groups excluding carboxylic acids is 1. The van der Waals surface area contributed by atoms with E-state index in [0.29, 0.717) is 21.7 Å². The fourth-order valence-electron chi connectivity index (χ4n) is 2.43. The lowest BCUT2D eigenvalue weighted by Crippen LogP contribution is -2.28. The van der Waals surface area contributed by atoms with E-state index in [1.807, 2.05) is 0 Å². The van der Waals surface area contributed by atoms with Crippen LogP contribution in [-0.4, -0.2) is 22.0 Å².